The molecule has 0 aromatic rings. The van der Waals surface area contributed by atoms with E-state index in [9.17, 15) is 104 Å². The molecule has 0 radical (unpaired) electrons. The molecule has 33 heteroatoms. The predicted octanol–water partition coefficient (Wildman–Crippen LogP) is -8.91. The Morgan fingerprint density at radius 3 is 1.36 bits per heavy atom. The second-order valence-electron chi connectivity index (χ2n) is 16.2. The van der Waals surface area contributed by atoms with Gasteiger partial charge in [-0.15, -0.1) is 0 Å². The minimum Gasteiger partial charge on any atom is -0.480 e. The lowest BCUT2D eigenvalue weighted by Gasteiger charge is -2.33. The Labute approximate surface area is 414 Å². The Hall–Kier alpha value is -4.16. The highest BCUT2D eigenvalue weighted by atomic mass is 31.1. The van der Waals surface area contributed by atoms with Crippen LogP contribution in [0.1, 0.15) is 39.5 Å². The van der Waals surface area contributed by atoms with Crippen LogP contribution >= 0.6 is 8.25 Å². The summed E-state index contributed by atoms with van der Waals surface area (Å²) in [5.41, 5.74) is 0. The molecule has 72 heavy (non-hydrogen) atoms. The van der Waals surface area contributed by atoms with E-state index in [1.165, 1.54) is 9.80 Å². The summed E-state index contributed by atoms with van der Waals surface area (Å²) in [5, 5.41) is 142. The van der Waals surface area contributed by atoms with Crippen molar-refractivity contribution in [2.75, 3.05) is 105 Å². The van der Waals surface area contributed by atoms with E-state index in [0.29, 0.717) is 25.9 Å². The molecule has 0 saturated heterocycles. The van der Waals surface area contributed by atoms with Crippen LogP contribution in [-0.4, -0.2) is 309 Å². The molecule has 10 unspecified atom stereocenters. The molecule has 0 aromatic carbocycles. The zero-order valence-corrected chi connectivity index (χ0v) is 40.9. The van der Waals surface area contributed by atoms with E-state index in [-0.39, 0.29) is 26.2 Å². The van der Waals surface area contributed by atoms with Crippen molar-refractivity contribution in [1.29, 1.82) is 0 Å². The van der Waals surface area contributed by atoms with E-state index in [0.717, 1.165) is 14.9 Å². The number of rotatable bonds is 43. The van der Waals surface area contributed by atoms with Crippen molar-refractivity contribution in [3.8, 4) is 0 Å². The topological polar surface area (TPSA) is 499 Å². The van der Waals surface area contributed by atoms with Crippen molar-refractivity contribution >= 4 is 49.9 Å². The van der Waals surface area contributed by atoms with E-state index < -0.39 is 189 Å². The molecule has 3 amide bonds. The van der Waals surface area contributed by atoms with E-state index in [4.69, 9.17) is 19.6 Å². The predicted molar refractivity (Wildman–Crippen MR) is 242 cm³/mol. The number of nitrogens with one attached hydrogen (secondary N) is 2. The number of carboxylic acid groups (broad SMARTS) is 4. The van der Waals surface area contributed by atoms with Crippen LogP contribution in [0.15, 0.2) is 0 Å². The summed E-state index contributed by atoms with van der Waals surface area (Å²) in [5.74, 6) is -9.23. The number of hydrogen-bond donors (Lipinski definition) is 17. The number of aliphatic hydroxyl groups is 10. The van der Waals surface area contributed by atoms with Crippen molar-refractivity contribution in [3.63, 3.8) is 0 Å². The lowest BCUT2D eigenvalue weighted by molar-refractivity contribution is -0.169. The molecule has 0 fully saturated rings. The fourth-order valence-corrected chi connectivity index (χ4v) is 6.99. The standard InChI is InChI=1S/C39H74N7O25P/c1-3-8-43(9-4-2)27(51)17-24(39(66)67)45(19-29(54)55)15-13-42(22-71-72(68)69)12-14-44(18-28(52)53)23(38(64)65)5-16-70-46(10-6-40-36(62)34(60)32(58)30(56)25(49)20-47)11-7-41-37(63)35(61)33(59)31(57)26(50)21-48/h23-26,30-35,47-50,56-61,72H,3-22H2,1-2H3,(H,40,62)(H,41,63)(H,52,53)(H,54,55)(H,64,65)(H,66,67)(H,68,69)/t23?,24-,25?,26?,30?,31?,32?,33?,34?,35?/m0/s1. The molecule has 11 atom stereocenters. The first-order valence-electron chi connectivity index (χ1n) is 22.6. The van der Waals surface area contributed by atoms with Crippen LogP contribution in [0.25, 0.3) is 0 Å². The molecule has 32 nitrogen and oxygen atoms in total. The number of aliphatic hydroxyl groups excluding tert-OH is 10. The molecule has 17 N–H and O–H groups in total. The zero-order chi connectivity index (χ0) is 55.2. The molecule has 0 aliphatic rings. The van der Waals surface area contributed by atoms with Gasteiger partial charge in [0.1, 0.15) is 55.4 Å². The quantitative estimate of drug-likeness (QED) is 0.0153. The largest absolute Gasteiger partial charge is 0.480 e. The lowest BCUT2D eigenvalue weighted by Crippen LogP contribution is -2.53. The normalized spacial score (nSPS) is 16.5. The van der Waals surface area contributed by atoms with Crippen LogP contribution < -0.4 is 10.6 Å². The van der Waals surface area contributed by atoms with Crippen molar-refractivity contribution in [2.24, 2.45) is 0 Å². The summed E-state index contributed by atoms with van der Waals surface area (Å²) in [7, 11) is -3.63. The molecule has 0 heterocycles. The van der Waals surface area contributed by atoms with Gasteiger partial charge in [-0.2, -0.15) is 5.06 Å². The number of carboxylic acids is 4. The summed E-state index contributed by atoms with van der Waals surface area (Å²) in [6.07, 6.45) is -17.4. The van der Waals surface area contributed by atoms with Gasteiger partial charge in [0.15, 0.2) is 12.2 Å². The number of hydrogen-bond acceptors (Lipinski definition) is 24. The third kappa shape index (κ3) is 26.2. The fraction of sp³-hybridized carbons (Fsp3) is 0.821. The molecule has 0 saturated carbocycles. The number of hydroxylamine groups is 2. The number of carbonyl (C=O) groups is 7. The smallest absolute Gasteiger partial charge is 0.321 e. The number of aliphatic carboxylic acids is 4. The average Bonchev–Trinajstić information content (AvgIpc) is 3.32. The number of nitrogens with zero attached hydrogens (tertiary/aromatic N) is 5. The van der Waals surface area contributed by atoms with E-state index in [1.807, 2.05) is 13.8 Å². The summed E-state index contributed by atoms with van der Waals surface area (Å²) in [6, 6.07) is -3.33. The van der Waals surface area contributed by atoms with Crippen LogP contribution in [0.2, 0.25) is 0 Å². The highest BCUT2D eigenvalue weighted by Gasteiger charge is 2.36. The monoisotopic (exact) mass is 1070 g/mol. The Bertz CT molecular complexity index is 1630. The first-order chi connectivity index (χ1) is 33.8. The van der Waals surface area contributed by atoms with E-state index in [1.54, 1.807) is 0 Å². The van der Waals surface area contributed by atoms with Gasteiger partial charge in [0.2, 0.25) is 5.91 Å². The molecule has 0 bridgehead atoms. The van der Waals surface area contributed by atoms with Crippen molar-refractivity contribution < 1.29 is 124 Å². The molecular formula is C39H74N7O25P. The molecule has 0 rings (SSSR count). The number of amides is 3. The van der Waals surface area contributed by atoms with Crippen molar-refractivity contribution in [3.05, 3.63) is 0 Å². The second-order valence-corrected chi connectivity index (χ2v) is 17.0. The Kier molecular flexibility index (Phi) is 34.6. The molecule has 0 spiro atoms. The summed E-state index contributed by atoms with van der Waals surface area (Å²) >= 11 is 0. The maximum absolute atomic E-state index is 13.1. The molecular weight excluding hydrogens is 997 g/mol. The Morgan fingerprint density at radius 1 is 0.583 bits per heavy atom. The highest BCUT2D eigenvalue weighted by Crippen LogP contribution is 2.17. The first kappa shape index (κ1) is 67.8. The van der Waals surface area contributed by atoms with Gasteiger partial charge in [-0.25, -0.2) is 0 Å². The molecule has 0 aromatic heterocycles. The highest BCUT2D eigenvalue weighted by molar-refractivity contribution is 7.32. The van der Waals surface area contributed by atoms with Gasteiger partial charge in [0.05, 0.1) is 39.3 Å². The van der Waals surface area contributed by atoms with Gasteiger partial charge in [0, 0.05) is 65.4 Å². The maximum atomic E-state index is 13.1. The Morgan fingerprint density at radius 2 is 1.00 bits per heavy atom. The first-order valence-corrected chi connectivity index (χ1v) is 23.9. The van der Waals surface area contributed by atoms with Gasteiger partial charge in [-0.3, -0.25) is 62.2 Å². The van der Waals surface area contributed by atoms with Crippen LogP contribution in [0.3, 0.4) is 0 Å². The van der Waals surface area contributed by atoms with Gasteiger partial charge in [0.25, 0.3) is 11.8 Å². The van der Waals surface area contributed by atoms with E-state index in [2.05, 4.69) is 10.6 Å². The van der Waals surface area contributed by atoms with Crippen molar-refractivity contribution in [2.45, 2.75) is 100 Å². The average molecular weight is 1070 g/mol. The molecule has 0 aliphatic heterocycles. The minimum absolute atomic E-state index is 0.316. The molecule has 420 valence electrons. The van der Waals surface area contributed by atoms with Crippen molar-refractivity contribution in [1.82, 2.24) is 35.3 Å². The second kappa shape index (κ2) is 36.7. The summed E-state index contributed by atoms with van der Waals surface area (Å²) in [4.78, 5) is 107. The van der Waals surface area contributed by atoms with Gasteiger partial charge in [-0.1, -0.05) is 13.8 Å². The molecule has 0 aliphatic carbocycles. The minimum atomic E-state index is -3.63. The summed E-state index contributed by atoms with van der Waals surface area (Å²) in [6.45, 7) is -4.06. The van der Waals surface area contributed by atoms with Gasteiger partial charge in [-0.05, 0) is 19.3 Å². The number of carbonyl (C=O) groups excluding carboxylic acids is 3. The maximum Gasteiger partial charge on any atom is 0.321 e. The van der Waals surface area contributed by atoms with Crippen LogP contribution in [-0.2, 0) is 47.5 Å². The summed E-state index contributed by atoms with van der Waals surface area (Å²) < 4.78 is 16.4. The van der Waals surface area contributed by atoms with Gasteiger partial charge < -0.3 is 91.9 Å². The van der Waals surface area contributed by atoms with Crippen LogP contribution in [0.5, 0.6) is 0 Å². The SMILES string of the molecule is CCCN(CCC)C(=O)C[C@@H](C(=O)O)N(CCN(CCN(CC(=O)O)C(CCON(CCNC(=O)C(O)C(O)C(O)C(O)CO)CCNC(=O)C(O)C(O)C(O)C(O)CO)C(=O)O)CO[PH](=O)O)CC(=O)O. The fourth-order valence-electron chi connectivity index (χ4n) is 6.70. The van der Waals surface area contributed by atoms with Crippen LogP contribution in [0.4, 0.5) is 0 Å². The van der Waals surface area contributed by atoms with Crippen LogP contribution in [0, 0.1) is 0 Å². The lowest BCUT2D eigenvalue weighted by atomic mass is 10.0. The third-order valence-electron chi connectivity index (χ3n) is 10.6. The zero-order valence-electron chi connectivity index (χ0n) is 39.9. The van der Waals surface area contributed by atoms with Gasteiger partial charge >= 0.3 is 32.1 Å². The third-order valence-corrected chi connectivity index (χ3v) is 11.0. The van der Waals surface area contributed by atoms with E-state index >= 15 is 0 Å². The Balaban J connectivity index is 6.40.